The van der Waals surface area contributed by atoms with E-state index in [1.54, 1.807) is 6.20 Å². The lowest BCUT2D eigenvalue weighted by molar-refractivity contribution is 1.09. The second kappa shape index (κ2) is 3.94. The molecule has 0 aliphatic carbocycles. The summed E-state index contributed by atoms with van der Waals surface area (Å²) >= 11 is 0. The van der Waals surface area contributed by atoms with Crippen LogP contribution in [0, 0.1) is 6.92 Å². The summed E-state index contributed by atoms with van der Waals surface area (Å²) in [6, 6.07) is 13.8. The molecule has 0 aliphatic rings. The molecule has 0 saturated carbocycles. The first-order chi connectivity index (χ1) is 8.34. The highest BCUT2D eigenvalue weighted by Gasteiger charge is 2.07. The third-order valence-electron chi connectivity index (χ3n) is 2.62. The lowest BCUT2D eigenvalue weighted by Crippen LogP contribution is -1.94. The number of aromatic nitrogens is 3. The van der Waals surface area contributed by atoms with Crippen molar-refractivity contribution in [3.8, 4) is 11.4 Å². The number of pyridine rings is 1. The summed E-state index contributed by atoms with van der Waals surface area (Å²) in [6.45, 7) is 1.90. The van der Waals surface area contributed by atoms with Crippen LogP contribution in [-0.4, -0.2) is 15.0 Å². The number of para-hydroxylation sites is 1. The Hall–Kier alpha value is -2.29. The number of nitrogens with zero attached hydrogens (tertiary/aromatic N) is 3. The second-order valence-corrected chi connectivity index (χ2v) is 3.85. The summed E-state index contributed by atoms with van der Waals surface area (Å²) in [4.78, 5) is 13.3. The van der Waals surface area contributed by atoms with Gasteiger partial charge in [-0.2, -0.15) is 0 Å². The lowest BCUT2D eigenvalue weighted by Gasteiger charge is -2.05. The predicted octanol–water partition coefficient (Wildman–Crippen LogP) is 3.00. The van der Waals surface area contributed by atoms with E-state index < -0.39 is 0 Å². The van der Waals surface area contributed by atoms with Crippen LogP contribution in [0.15, 0.2) is 48.7 Å². The van der Waals surface area contributed by atoms with Crippen molar-refractivity contribution >= 4 is 10.9 Å². The zero-order chi connectivity index (χ0) is 11.7. The van der Waals surface area contributed by atoms with Crippen molar-refractivity contribution in [3.05, 3.63) is 54.5 Å². The Bertz CT molecular complexity index is 663. The first-order valence-electron chi connectivity index (χ1n) is 5.49. The van der Waals surface area contributed by atoms with E-state index >= 15 is 0 Å². The summed E-state index contributed by atoms with van der Waals surface area (Å²) in [5.74, 6) is 0.768. The quantitative estimate of drug-likeness (QED) is 0.634. The average Bonchev–Trinajstić information content (AvgIpc) is 2.39. The van der Waals surface area contributed by atoms with Crippen molar-refractivity contribution < 1.29 is 0 Å². The Kier molecular flexibility index (Phi) is 2.29. The van der Waals surface area contributed by atoms with Gasteiger partial charge in [0.05, 0.1) is 11.2 Å². The maximum atomic E-state index is 4.50. The van der Waals surface area contributed by atoms with Gasteiger partial charge in [0.2, 0.25) is 0 Å². The highest BCUT2D eigenvalue weighted by molar-refractivity contribution is 5.91. The standard InChI is InChI=1S/C14H11N3/c1-10-16-12-7-3-2-6-11(12)14(17-10)13-8-4-5-9-15-13/h2-9H,1H3. The van der Waals surface area contributed by atoms with Crippen LogP contribution < -0.4 is 0 Å². The molecule has 3 nitrogen and oxygen atoms in total. The van der Waals surface area contributed by atoms with Crippen molar-refractivity contribution in [3.63, 3.8) is 0 Å². The van der Waals surface area contributed by atoms with E-state index in [2.05, 4.69) is 15.0 Å². The van der Waals surface area contributed by atoms with Gasteiger partial charge in [0.15, 0.2) is 0 Å². The van der Waals surface area contributed by atoms with Crippen molar-refractivity contribution in [2.75, 3.05) is 0 Å². The molecule has 0 saturated heterocycles. The van der Waals surface area contributed by atoms with Gasteiger partial charge in [-0.15, -0.1) is 0 Å². The Balaban J connectivity index is 2.36. The molecule has 82 valence electrons. The zero-order valence-corrected chi connectivity index (χ0v) is 9.46. The highest BCUT2D eigenvalue weighted by atomic mass is 14.9. The van der Waals surface area contributed by atoms with Crippen LogP contribution in [0.3, 0.4) is 0 Å². The van der Waals surface area contributed by atoms with Gasteiger partial charge < -0.3 is 0 Å². The topological polar surface area (TPSA) is 38.7 Å². The van der Waals surface area contributed by atoms with E-state index in [1.807, 2.05) is 49.4 Å². The Morgan fingerprint density at radius 2 is 1.71 bits per heavy atom. The molecule has 0 spiro atoms. The molecule has 0 aliphatic heterocycles. The molecule has 3 aromatic rings. The minimum Gasteiger partial charge on any atom is -0.255 e. The maximum absolute atomic E-state index is 4.50. The van der Waals surface area contributed by atoms with Crippen molar-refractivity contribution in [1.29, 1.82) is 0 Å². The van der Waals surface area contributed by atoms with Crippen LogP contribution >= 0.6 is 0 Å². The molecule has 0 N–H and O–H groups in total. The van der Waals surface area contributed by atoms with E-state index in [0.29, 0.717) is 0 Å². The average molecular weight is 221 g/mol. The number of benzene rings is 1. The maximum Gasteiger partial charge on any atom is 0.126 e. The molecule has 0 bridgehead atoms. The normalized spacial score (nSPS) is 10.6. The highest BCUT2D eigenvalue weighted by Crippen LogP contribution is 2.23. The number of hydrogen-bond donors (Lipinski definition) is 0. The predicted molar refractivity (Wildman–Crippen MR) is 67.5 cm³/mol. The fourth-order valence-corrected chi connectivity index (χ4v) is 1.89. The summed E-state index contributed by atoms with van der Waals surface area (Å²) in [6.07, 6.45) is 1.78. The molecule has 0 amide bonds. The Morgan fingerprint density at radius 1 is 0.882 bits per heavy atom. The van der Waals surface area contributed by atoms with E-state index in [4.69, 9.17) is 0 Å². The summed E-state index contributed by atoms with van der Waals surface area (Å²) in [7, 11) is 0. The van der Waals surface area contributed by atoms with Crippen LogP contribution in [0.5, 0.6) is 0 Å². The summed E-state index contributed by atoms with van der Waals surface area (Å²) < 4.78 is 0. The third kappa shape index (κ3) is 1.76. The van der Waals surface area contributed by atoms with Gasteiger partial charge in [-0.1, -0.05) is 24.3 Å². The van der Waals surface area contributed by atoms with Crippen molar-refractivity contribution in [1.82, 2.24) is 15.0 Å². The van der Waals surface area contributed by atoms with Crippen LogP contribution in [0.25, 0.3) is 22.3 Å². The molecule has 17 heavy (non-hydrogen) atoms. The van der Waals surface area contributed by atoms with Gasteiger partial charge in [-0.05, 0) is 25.1 Å². The largest absolute Gasteiger partial charge is 0.255 e. The van der Waals surface area contributed by atoms with Gasteiger partial charge >= 0.3 is 0 Å². The molecule has 0 fully saturated rings. The van der Waals surface area contributed by atoms with Gasteiger partial charge in [-0.3, -0.25) is 4.98 Å². The van der Waals surface area contributed by atoms with Gasteiger partial charge in [0.25, 0.3) is 0 Å². The van der Waals surface area contributed by atoms with E-state index in [1.165, 1.54) is 0 Å². The van der Waals surface area contributed by atoms with Gasteiger partial charge in [0, 0.05) is 11.6 Å². The number of aryl methyl sites for hydroxylation is 1. The Morgan fingerprint density at radius 3 is 2.53 bits per heavy atom. The van der Waals surface area contributed by atoms with Crippen molar-refractivity contribution in [2.45, 2.75) is 6.92 Å². The monoisotopic (exact) mass is 221 g/mol. The fourth-order valence-electron chi connectivity index (χ4n) is 1.89. The minimum absolute atomic E-state index is 0.768. The first kappa shape index (κ1) is 9.90. The van der Waals surface area contributed by atoms with E-state index in [0.717, 1.165) is 28.1 Å². The van der Waals surface area contributed by atoms with Crippen molar-refractivity contribution in [2.24, 2.45) is 0 Å². The molecule has 1 aromatic carbocycles. The van der Waals surface area contributed by atoms with Crippen LogP contribution in [0.1, 0.15) is 5.82 Å². The minimum atomic E-state index is 0.768. The second-order valence-electron chi connectivity index (χ2n) is 3.85. The molecule has 3 heteroatoms. The first-order valence-corrected chi connectivity index (χ1v) is 5.49. The SMILES string of the molecule is Cc1nc(-c2ccccn2)c2ccccc2n1. The summed E-state index contributed by atoms with van der Waals surface area (Å²) in [5, 5.41) is 1.04. The molecule has 0 unspecified atom stereocenters. The molecule has 2 aromatic heterocycles. The smallest absolute Gasteiger partial charge is 0.126 e. The molecular weight excluding hydrogens is 210 g/mol. The van der Waals surface area contributed by atoms with Crippen LogP contribution in [0.4, 0.5) is 0 Å². The lowest BCUT2D eigenvalue weighted by atomic mass is 10.1. The van der Waals surface area contributed by atoms with Gasteiger partial charge in [-0.25, -0.2) is 9.97 Å². The zero-order valence-electron chi connectivity index (χ0n) is 9.46. The van der Waals surface area contributed by atoms with E-state index in [-0.39, 0.29) is 0 Å². The van der Waals surface area contributed by atoms with Gasteiger partial charge in [0.1, 0.15) is 11.5 Å². The number of hydrogen-bond acceptors (Lipinski definition) is 3. The molecule has 2 heterocycles. The number of fused-ring (bicyclic) bond motifs is 1. The number of rotatable bonds is 1. The molecule has 0 radical (unpaired) electrons. The van der Waals surface area contributed by atoms with E-state index in [9.17, 15) is 0 Å². The molecule has 0 atom stereocenters. The fraction of sp³-hybridized carbons (Fsp3) is 0.0714. The van der Waals surface area contributed by atoms with Crippen LogP contribution in [-0.2, 0) is 0 Å². The molecule has 3 rings (SSSR count). The molecular formula is C14H11N3. The Labute approximate surface area is 99.2 Å². The third-order valence-corrected chi connectivity index (χ3v) is 2.62. The van der Waals surface area contributed by atoms with Crippen LogP contribution in [0.2, 0.25) is 0 Å². The summed E-state index contributed by atoms with van der Waals surface area (Å²) in [5.41, 5.74) is 2.74.